The fourth-order valence-electron chi connectivity index (χ4n) is 1.92. The quantitative estimate of drug-likeness (QED) is 0.605. The predicted molar refractivity (Wildman–Crippen MR) is 76.9 cm³/mol. The number of hydrogen-bond acceptors (Lipinski definition) is 3. The number of carbonyl (C=O) groups is 2. The molecule has 0 saturated carbocycles. The summed E-state index contributed by atoms with van der Waals surface area (Å²) in [5.41, 5.74) is -0.152. The van der Waals surface area contributed by atoms with Crippen LogP contribution in [0.1, 0.15) is 66.7 Å². The van der Waals surface area contributed by atoms with Gasteiger partial charge in [-0.3, -0.25) is 9.59 Å². The van der Waals surface area contributed by atoms with E-state index >= 15 is 0 Å². The maximum Gasteiger partial charge on any atom is 0.305 e. The molecule has 0 spiro atoms. The highest BCUT2D eigenvalue weighted by molar-refractivity contribution is 5.77. The van der Waals surface area contributed by atoms with Crippen LogP contribution in [0.5, 0.6) is 0 Å². The van der Waals surface area contributed by atoms with Crippen LogP contribution in [0.2, 0.25) is 0 Å². The molecule has 19 heavy (non-hydrogen) atoms. The average Bonchev–Trinajstić information content (AvgIpc) is 2.35. The number of nitrogens with zero attached hydrogens (tertiary/aromatic N) is 1. The first-order valence-corrected chi connectivity index (χ1v) is 7.35. The summed E-state index contributed by atoms with van der Waals surface area (Å²) in [5.74, 6) is -0.00194. The first-order valence-electron chi connectivity index (χ1n) is 7.35. The van der Waals surface area contributed by atoms with E-state index in [1.54, 1.807) is 6.92 Å². The van der Waals surface area contributed by atoms with Crippen molar-refractivity contribution in [2.45, 2.75) is 72.3 Å². The van der Waals surface area contributed by atoms with Crippen LogP contribution < -0.4 is 0 Å². The van der Waals surface area contributed by atoms with Gasteiger partial charge in [-0.25, -0.2) is 0 Å². The monoisotopic (exact) mass is 271 g/mol. The molecule has 0 radical (unpaired) electrons. The highest BCUT2D eigenvalue weighted by Crippen LogP contribution is 2.20. The Hall–Kier alpha value is -1.06. The van der Waals surface area contributed by atoms with E-state index in [9.17, 15) is 9.59 Å². The smallest absolute Gasteiger partial charge is 0.305 e. The number of esters is 1. The molecule has 0 saturated heterocycles. The van der Waals surface area contributed by atoms with E-state index in [1.807, 2.05) is 11.8 Å². The van der Waals surface area contributed by atoms with Gasteiger partial charge in [0, 0.05) is 24.9 Å². The summed E-state index contributed by atoms with van der Waals surface area (Å²) < 4.78 is 4.90. The molecule has 0 N–H and O–H groups in total. The van der Waals surface area contributed by atoms with Crippen LogP contribution in [-0.2, 0) is 14.3 Å². The Morgan fingerprint density at radius 2 is 1.74 bits per heavy atom. The Bertz CT molecular complexity index is 287. The molecular weight excluding hydrogens is 242 g/mol. The number of ether oxygens (including phenoxy) is 1. The molecule has 0 aliphatic carbocycles. The third-order valence-electron chi connectivity index (χ3n) is 3.43. The molecule has 1 amide bonds. The summed E-state index contributed by atoms with van der Waals surface area (Å²) in [6.45, 7) is 11.1. The summed E-state index contributed by atoms with van der Waals surface area (Å²) in [5, 5.41) is 0. The van der Waals surface area contributed by atoms with Crippen LogP contribution in [0.25, 0.3) is 0 Å². The van der Waals surface area contributed by atoms with Crippen molar-refractivity contribution in [1.29, 1.82) is 0 Å². The van der Waals surface area contributed by atoms with Crippen LogP contribution in [0.15, 0.2) is 0 Å². The lowest BCUT2D eigenvalue weighted by Gasteiger charge is -2.38. The number of hydrogen-bond donors (Lipinski definition) is 0. The lowest BCUT2D eigenvalue weighted by Crippen LogP contribution is -2.47. The Morgan fingerprint density at radius 3 is 2.21 bits per heavy atom. The topological polar surface area (TPSA) is 46.6 Å². The largest absolute Gasteiger partial charge is 0.466 e. The molecule has 4 heteroatoms. The van der Waals surface area contributed by atoms with Crippen LogP contribution in [-0.4, -0.2) is 35.5 Å². The van der Waals surface area contributed by atoms with Gasteiger partial charge >= 0.3 is 5.97 Å². The molecule has 0 fully saturated rings. The Morgan fingerprint density at radius 1 is 1.11 bits per heavy atom. The van der Waals surface area contributed by atoms with Crippen LogP contribution in [0.4, 0.5) is 0 Å². The number of carbonyl (C=O) groups excluding carboxylic acids is 2. The molecule has 0 bridgehead atoms. The van der Waals surface area contributed by atoms with Crippen molar-refractivity contribution in [1.82, 2.24) is 4.90 Å². The van der Waals surface area contributed by atoms with Crippen molar-refractivity contribution in [3.8, 4) is 0 Å². The molecule has 0 aliphatic heterocycles. The van der Waals surface area contributed by atoms with Gasteiger partial charge in [0.1, 0.15) is 0 Å². The average molecular weight is 271 g/mol. The van der Waals surface area contributed by atoms with E-state index in [0.29, 0.717) is 32.4 Å². The minimum absolute atomic E-state index is 0.152. The van der Waals surface area contributed by atoms with Crippen molar-refractivity contribution < 1.29 is 14.3 Å². The van der Waals surface area contributed by atoms with Gasteiger partial charge in [0.25, 0.3) is 0 Å². The van der Waals surface area contributed by atoms with Gasteiger partial charge in [-0.2, -0.15) is 0 Å². The maximum absolute atomic E-state index is 12.2. The van der Waals surface area contributed by atoms with Crippen molar-refractivity contribution >= 4 is 11.9 Å². The standard InChI is InChI=1S/C15H29NO3/c1-6-10-13(17)16(15(4,5)7-2)12-9-11-14(18)19-8-3/h6-12H2,1-5H3. The Balaban J connectivity index is 4.44. The maximum atomic E-state index is 12.2. The zero-order valence-electron chi connectivity index (χ0n) is 13.1. The lowest BCUT2D eigenvalue weighted by atomic mass is 9.98. The summed E-state index contributed by atoms with van der Waals surface area (Å²) >= 11 is 0. The molecule has 0 unspecified atom stereocenters. The normalized spacial score (nSPS) is 11.2. The van der Waals surface area contributed by atoms with Crippen LogP contribution >= 0.6 is 0 Å². The van der Waals surface area contributed by atoms with Gasteiger partial charge in [-0.1, -0.05) is 13.8 Å². The van der Waals surface area contributed by atoms with Gasteiger partial charge in [0.05, 0.1) is 6.61 Å². The summed E-state index contributed by atoms with van der Waals surface area (Å²) in [6.07, 6.45) is 3.37. The molecule has 0 aromatic rings. The van der Waals surface area contributed by atoms with E-state index < -0.39 is 0 Å². The molecule has 0 aromatic carbocycles. The van der Waals surface area contributed by atoms with Gasteiger partial charge in [0.2, 0.25) is 5.91 Å². The molecule has 0 heterocycles. The fourth-order valence-corrected chi connectivity index (χ4v) is 1.92. The summed E-state index contributed by atoms with van der Waals surface area (Å²) in [6, 6.07) is 0. The second kappa shape index (κ2) is 8.94. The van der Waals surface area contributed by atoms with Gasteiger partial charge in [-0.15, -0.1) is 0 Å². The minimum Gasteiger partial charge on any atom is -0.466 e. The van der Waals surface area contributed by atoms with Crippen LogP contribution in [0.3, 0.4) is 0 Å². The van der Waals surface area contributed by atoms with E-state index in [1.165, 1.54) is 0 Å². The summed E-state index contributed by atoms with van der Waals surface area (Å²) in [4.78, 5) is 25.4. The predicted octanol–water partition coefficient (Wildman–Crippen LogP) is 3.15. The minimum atomic E-state index is -0.181. The molecular formula is C15H29NO3. The number of rotatable bonds is 9. The van der Waals surface area contributed by atoms with Gasteiger partial charge < -0.3 is 9.64 Å². The third kappa shape index (κ3) is 6.60. The van der Waals surface area contributed by atoms with Gasteiger partial charge in [0.15, 0.2) is 0 Å². The van der Waals surface area contributed by atoms with E-state index in [2.05, 4.69) is 20.8 Å². The third-order valence-corrected chi connectivity index (χ3v) is 3.43. The second-order valence-corrected chi connectivity index (χ2v) is 5.37. The molecule has 0 atom stereocenters. The number of amides is 1. The van der Waals surface area contributed by atoms with Gasteiger partial charge in [-0.05, 0) is 40.0 Å². The summed E-state index contributed by atoms with van der Waals surface area (Å²) in [7, 11) is 0. The van der Waals surface area contributed by atoms with Crippen molar-refractivity contribution in [3.05, 3.63) is 0 Å². The molecule has 0 rings (SSSR count). The van der Waals surface area contributed by atoms with Crippen molar-refractivity contribution in [3.63, 3.8) is 0 Å². The fraction of sp³-hybridized carbons (Fsp3) is 0.867. The van der Waals surface area contributed by atoms with Crippen LogP contribution in [0, 0.1) is 0 Å². The molecule has 112 valence electrons. The van der Waals surface area contributed by atoms with E-state index in [-0.39, 0.29) is 17.4 Å². The molecule has 0 aromatic heterocycles. The lowest BCUT2D eigenvalue weighted by molar-refractivity contribution is -0.144. The zero-order chi connectivity index (χ0) is 14.9. The Kier molecular flexibility index (Phi) is 8.44. The van der Waals surface area contributed by atoms with Crippen molar-refractivity contribution in [2.24, 2.45) is 0 Å². The Labute approximate surface area is 117 Å². The molecule has 0 aliphatic rings. The van der Waals surface area contributed by atoms with E-state index in [0.717, 1.165) is 12.8 Å². The molecule has 4 nitrogen and oxygen atoms in total. The zero-order valence-corrected chi connectivity index (χ0v) is 13.1. The highest BCUT2D eigenvalue weighted by Gasteiger charge is 2.28. The highest BCUT2D eigenvalue weighted by atomic mass is 16.5. The second-order valence-electron chi connectivity index (χ2n) is 5.37. The van der Waals surface area contributed by atoms with Crippen molar-refractivity contribution in [2.75, 3.05) is 13.2 Å². The first-order chi connectivity index (χ1) is 8.88. The van der Waals surface area contributed by atoms with E-state index in [4.69, 9.17) is 4.74 Å². The first kappa shape index (κ1) is 17.9. The SMILES string of the molecule is CCCC(=O)N(CCCC(=O)OCC)C(C)(C)CC.